The Morgan fingerprint density at radius 1 is 0.540 bits per heavy atom. The number of carbonyl (C=O) groups excluding carboxylic acids is 2. The zero-order chi connectivity index (χ0) is 44.4. The summed E-state index contributed by atoms with van der Waals surface area (Å²) < 4.78 is 26.8. The molecule has 0 aliphatic rings. The Morgan fingerprint density at radius 2 is 0.889 bits per heavy atom. The maximum Gasteiger partial charge on any atom is 2.00 e. The number of carboxylic acids is 2. The van der Waals surface area contributed by atoms with Gasteiger partial charge in [-0.2, -0.15) is 0 Å². The second-order valence-corrected chi connectivity index (χ2v) is 16.2. The Hall–Kier alpha value is -4.78. The first-order chi connectivity index (χ1) is 30.0. The van der Waals surface area contributed by atoms with Crippen molar-refractivity contribution in [2.45, 2.75) is 75.6 Å². The fourth-order valence-electron chi connectivity index (χ4n) is 6.96. The van der Waals surface area contributed by atoms with E-state index < -0.39 is 24.1 Å². The Bertz CT molecular complexity index is 2130. The van der Waals surface area contributed by atoms with E-state index in [0.29, 0.717) is 26.4 Å². The molecular weight excluding hydrogens is 886 g/mol. The van der Waals surface area contributed by atoms with E-state index in [-0.39, 0.29) is 32.3 Å². The van der Waals surface area contributed by atoms with Gasteiger partial charge in [0.05, 0.1) is 25.0 Å². The number of aliphatic carboxylic acids is 2. The minimum absolute atomic E-state index is 0. The second kappa shape index (κ2) is 26.1. The molecule has 63 heavy (non-hydrogen) atoms. The van der Waals surface area contributed by atoms with Crippen LogP contribution >= 0.6 is 23.5 Å². The van der Waals surface area contributed by atoms with Crippen LogP contribution in [-0.4, -0.2) is 72.2 Å². The van der Waals surface area contributed by atoms with Gasteiger partial charge in [0, 0.05) is 58.6 Å². The van der Waals surface area contributed by atoms with Gasteiger partial charge in [-0.3, -0.25) is 0 Å². The summed E-state index contributed by atoms with van der Waals surface area (Å²) in [6, 6.07) is 40.6. The molecule has 0 amide bonds. The van der Waals surface area contributed by atoms with Crippen LogP contribution in [-0.2, 0) is 64.5 Å². The average molecular weight is 943 g/mol. The van der Waals surface area contributed by atoms with Crippen LogP contribution in [0.3, 0.4) is 0 Å². The number of hydrogen-bond acceptors (Lipinski definition) is 10. The number of aryl methyl sites for hydroxylation is 2. The van der Waals surface area contributed by atoms with Crippen molar-refractivity contribution in [1.29, 1.82) is 0 Å². The Labute approximate surface area is 393 Å². The molecule has 2 unspecified atom stereocenters. The quantitative estimate of drug-likeness (QED) is 0.0490. The third-order valence-electron chi connectivity index (χ3n) is 10.3. The van der Waals surface area contributed by atoms with E-state index >= 15 is 0 Å². The molecule has 2 heterocycles. The molecule has 0 saturated heterocycles. The summed E-state index contributed by atoms with van der Waals surface area (Å²) in [4.78, 5) is 24.8. The molecule has 0 radical (unpaired) electrons. The predicted molar refractivity (Wildman–Crippen MR) is 245 cm³/mol. The SMILES string of the molecule is CCOC(Cc1ccc(OCCn2c(C)ccc2-c2ccc(SC)cc2)cc1)C(=O)[O-].CCOC(Cc1ccc(OCCn2c(C)ccc2-c2ccc(SC)cc2)cc1)C(=O)[O-].[Zn+2]. The van der Waals surface area contributed by atoms with Crippen LogP contribution in [0.2, 0.25) is 0 Å². The Morgan fingerprint density at radius 3 is 1.19 bits per heavy atom. The normalized spacial score (nSPS) is 11.8. The number of carboxylic acid groups (broad SMARTS) is 2. The fraction of sp³-hybridized carbons (Fsp3) is 0.320. The predicted octanol–water partition coefficient (Wildman–Crippen LogP) is 7.92. The number of nitrogens with zero attached hydrogens (tertiary/aromatic N) is 2. The molecule has 0 N–H and O–H groups in total. The molecule has 2 atom stereocenters. The standard InChI is InChI=1S/2C25H29NO4S.Zn/c2*1-4-29-24(25(27)28)17-19-6-10-21(11-7-19)30-16-15-26-18(2)5-14-23(26)20-8-12-22(31-3)13-9-20;/h2*5-14,24H,4,15-17H2,1-3H3,(H,27,28);/q;;+2/p-2. The molecular formula is C50H56N2O8S2Zn. The zero-order valence-corrected chi connectivity index (χ0v) is 41.6. The fourth-order valence-corrected chi connectivity index (χ4v) is 7.78. The van der Waals surface area contributed by atoms with E-state index in [1.165, 1.54) is 43.7 Å². The summed E-state index contributed by atoms with van der Waals surface area (Å²) in [6.45, 7) is 10.9. The van der Waals surface area contributed by atoms with Crippen molar-refractivity contribution in [3.05, 3.63) is 144 Å². The molecule has 0 spiro atoms. The molecule has 4 aromatic carbocycles. The van der Waals surface area contributed by atoms with Crippen LogP contribution in [0.4, 0.5) is 0 Å². The van der Waals surface area contributed by atoms with Gasteiger partial charge in [-0.25, -0.2) is 0 Å². The first kappa shape index (κ1) is 50.9. The van der Waals surface area contributed by atoms with Crippen molar-refractivity contribution in [3.8, 4) is 34.0 Å². The van der Waals surface area contributed by atoms with E-state index in [2.05, 4.69) is 108 Å². The molecule has 0 aliphatic carbocycles. The molecule has 2 aromatic heterocycles. The van der Waals surface area contributed by atoms with Gasteiger partial charge >= 0.3 is 19.5 Å². The number of carbonyl (C=O) groups is 2. The van der Waals surface area contributed by atoms with Crippen LogP contribution in [0.15, 0.2) is 131 Å². The van der Waals surface area contributed by atoms with Crippen molar-refractivity contribution in [2.75, 3.05) is 38.9 Å². The summed E-state index contributed by atoms with van der Waals surface area (Å²) in [7, 11) is 0. The summed E-state index contributed by atoms with van der Waals surface area (Å²) in [5, 5.41) is 22.3. The number of hydrogen-bond donors (Lipinski definition) is 0. The average Bonchev–Trinajstić information content (AvgIpc) is 3.85. The van der Waals surface area contributed by atoms with Gasteiger partial charge in [-0.15, -0.1) is 23.5 Å². The van der Waals surface area contributed by atoms with Crippen LogP contribution < -0.4 is 19.7 Å². The van der Waals surface area contributed by atoms with Crippen LogP contribution in [0.5, 0.6) is 11.5 Å². The van der Waals surface area contributed by atoms with E-state index in [1.54, 1.807) is 37.4 Å². The van der Waals surface area contributed by atoms with Gasteiger partial charge in [-0.1, -0.05) is 48.5 Å². The minimum Gasteiger partial charge on any atom is -0.547 e. The van der Waals surface area contributed by atoms with Crippen molar-refractivity contribution < 1.29 is 58.2 Å². The van der Waals surface area contributed by atoms with Gasteiger partial charge in [-0.05, 0) is 135 Å². The molecule has 328 valence electrons. The Balaban J connectivity index is 0.000000272. The molecule has 6 aromatic rings. The van der Waals surface area contributed by atoms with Crippen molar-refractivity contribution in [1.82, 2.24) is 9.13 Å². The first-order valence-electron chi connectivity index (χ1n) is 20.7. The van der Waals surface area contributed by atoms with Gasteiger partial charge in [0.2, 0.25) is 0 Å². The monoisotopic (exact) mass is 940 g/mol. The van der Waals surface area contributed by atoms with Crippen LogP contribution in [0, 0.1) is 13.8 Å². The largest absolute Gasteiger partial charge is 2.00 e. The summed E-state index contributed by atoms with van der Waals surface area (Å²) in [6.07, 6.45) is 2.84. The molecule has 0 fully saturated rings. The third-order valence-corrected chi connectivity index (χ3v) is 11.8. The van der Waals surface area contributed by atoms with E-state index in [4.69, 9.17) is 18.9 Å². The number of aromatic nitrogens is 2. The van der Waals surface area contributed by atoms with E-state index in [0.717, 1.165) is 35.7 Å². The molecule has 0 bridgehead atoms. The van der Waals surface area contributed by atoms with Gasteiger partial charge in [0.25, 0.3) is 0 Å². The second-order valence-electron chi connectivity index (χ2n) is 14.4. The van der Waals surface area contributed by atoms with E-state index in [1.807, 2.05) is 48.5 Å². The van der Waals surface area contributed by atoms with Gasteiger partial charge in [0.1, 0.15) is 36.9 Å². The molecule has 0 saturated carbocycles. The molecule has 0 aliphatic heterocycles. The number of rotatable bonds is 22. The molecule has 6 rings (SSSR count). The van der Waals surface area contributed by atoms with Crippen molar-refractivity contribution in [3.63, 3.8) is 0 Å². The maximum atomic E-state index is 11.1. The van der Waals surface area contributed by atoms with E-state index in [9.17, 15) is 19.8 Å². The van der Waals surface area contributed by atoms with Gasteiger partial charge in [0.15, 0.2) is 0 Å². The number of benzene rings is 4. The topological polar surface area (TPSA) is 127 Å². The smallest absolute Gasteiger partial charge is 0.547 e. The van der Waals surface area contributed by atoms with Gasteiger partial charge < -0.3 is 47.9 Å². The van der Waals surface area contributed by atoms with Crippen molar-refractivity contribution in [2.24, 2.45) is 0 Å². The zero-order valence-electron chi connectivity index (χ0n) is 37.0. The Kier molecular flexibility index (Phi) is 21.1. The maximum absolute atomic E-state index is 11.1. The first-order valence-corrected chi connectivity index (χ1v) is 23.2. The summed E-state index contributed by atoms with van der Waals surface area (Å²) in [5.74, 6) is -0.881. The van der Waals surface area contributed by atoms with Crippen LogP contribution in [0.1, 0.15) is 36.4 Å². The third kappa shape index (κ3) is 15.2. The number of thioether (sulfide) groups is 2. The molecule has 10 nitrogen and oxygen atoms in total. The van der Waals surface area contributed by atoms with Crippen molar-refractivity contribution >= 4 is 35.5 Å². The van der Waals surface area contributed by atoms with Crippen LogP contribution in [0.25, 0.3) is 22.5 Å². The molecule has 13 heteroatoms. The summed E-state index contributed by atoms with van der Waals surface area (Å²) in [5.41, 5.74) is 8.83. The summed E-state index contributed by atoms with van der Waals surface area (Å²) >= 11 is 3.47. The number of ether oxygens (including phenoxy) is 4. The minimum atomic E-state index is -1.19.